The molecule has 2 aliphatic rings. The first-order chi connectivity index (χ1) is 26.4. The maximum atomic E-state index is 12.8. The highest BCUT2D eigenvalue weighted by molar-refractivity contribution is 5.98. The van der Waals surface area contributed by atoms with Crippen molar-refractivity contribution < 1.29 is 29.0 Å². The number of carbonyl (C=O) groups excluding carboxylic acids is 4. The van der Waals surface area contributed by atoms with Crippen LogP contribution in [-0.2, 0) is 21.7 Å². The number of phenolic OH excluding ortho intramolecular Hbond substituents is 1. The van der Waals surface area contributed by atoms with Crippen LogP contribution < -0.4 is 4.74 Å². The fourth-order valence-electron chi connectivity index (χ4n) is 8.12. The van der Waals surface area contributed by atoms with Gasteiger partial charge in [-0.2, -0.15) is 0 Å². The van der Waals surface area contributed by atoms with E-state index in [4.69, 9.17) is 9.84 Å². The Morgan fingerprint density at radius 3 is 1.35 bits per heavy atom. The molecule has 0 aromatic heterocycles. The Kier molecular flexibility index (Phi) is 13.6. The zero-order valence-corrected chi connectivity index (χ0v) is 36.7. The SMILES string of the molecule is CC(=O)c1ccc(O)cc1C.CC(=O)c1ccc(OCC(=O)c2ccc3c(c2)C(C)(C)CCC3(C)C)cc1C.CCC(=O)c1ccc2c(c1)C(C)(C)CCC2(C)C. The minimum atomic E-state index is -0.0322. The van der Waals surface area contributed by atoms with Crippen LogP contribution in [0.4, 0.5) is 0 Å². The highest BCUT2D eigenvalue weighted by Crippen LogP contribution is 2.47. The zero-order chi connectivity index (χ0) is 42.7. The first-order valence-corrected chi connectivity index (χ1v) is 20.3. The number of carbonyl (C=O) groups is 4. The molecule has 6 rings (SSSR count). The van der Waals surface area contributed by atoms with Crippen LogP contribution in [0.3, 0.4) is 0 Å². The molecular formula is C51H64O6. The molecule has 0 atom stereocenters. The number of hydrogen-bond donors (Lipinski definition) is 1. The van der Waals surface area contributed by atoms with Gasteiger partial charge in [0.05, 0.1) is 0 Å². The summed E-state index contributed by atoms with van der Waals surface area (Å²) in [5.41, 5.74) is 10.6. The molecule has 6 heteroatoms. The number of rotatable bonds is 8. The second kappa shape index (κ2) is 17.3. The van der Waals surface area contributed by atoms with Gasteiger partial charge >= 0.3 is 0 Å². The Bertz CT molecular complexity index is 2160. The Balaban J connectivity index is 0.000000211. The minimum absolute atomic E-state index is 0.0124. The molecule has 0 fully saturated rings. The van der Waals surface area contributed by atoms with E-state index in [0.29, 0.717) is 28.9 Å². The molecule has 0 bridgehead atoms. The van der Waals surface area contributed by atoms with Crippen molar-refractivity contribution in [2.75, 3.05) is 6.61 Å². The lowest BCUT2D eigenvalue weighted by Crippen LogP contribution is -2.34. The van der Waals surface area contributed by atoms with Crippen molar-refractivity contribution in [3.63, 3.8) is 0 Å². The number of hydrogen-bond acceptors (Lipinski definition) is 6. The monoisotopic (exact) mass is 772 g/mol. The molecule has 57 heavy (non-hydrogen) atoms. The lowest BCUT2D eigenvalue weighted by molar-refractivity contribution is 0.0919. The molecule has 0 amide bonds. The second-order valence-electron chi connectivity index (χ2n) is 18.6. The van der Waals surface area contributed by atoms with Crippen LogP contribution in [0.2, 0.25) is 0 Å². The van der Waals surface area contributed by atoms with Crippen molar-refractivity contribution in [1.29, 1.82) is 0 Å². The van der Waals surface area contributed by atoms with Crippen molar-refractivity contribution in [1.82, 2.24) is 0 Å². The molecule has 0 unspecified atom stereocenters. The average molecular weight is 773 g/mol. The Hall–Kier alpha value is -4.84. The molecule has 6 nitrogen and oxygen atoms in total. The van der Waals surface area contributed by atoms with Gasteiger partial charge in [0.1, 0.15) is 11.5 Å². The fourth-order valence-corrected chi connectivity index (χ4v) is 8.12. The second-order valence-corrected chi connectivity index (χ2v) is 18.6. The Morgan fingerprint density at radius 2 is 0.947 bits per heavy atom. The molecular weight excluding hydrogens is 709 g/mol. The van der Waals surface area contributed by atoms with Crippen molar-refractivity contribution in [2.45, 2.75) is 144 Å². The summed E-state index contributed by atoms with van der Waals surface area (Å²) in [6.45, 7) is 26.9. The van der Waals surface area contributed by atoms with Crippen molar-refractivity contribution >= 4 is 23.1 Å². The number of ketones is 4. The van der Waals surface area contributed by atoms with Gasteiger partial charge in [-0.05, 0) is 157 Å². The number of ether oxygens (including phenoxy) is 1. The van der Waals surface area contributed by atoms with Crippen LogP contribution in [-0.4, -0.2) is 34.8 Å². The van der Waals surface area contributed by atoms with Crippen LogP contribution in [0.15, 0.2) is 72.8 Å². The van der Waals surface area contributed by atoms with Crippen LogP contribution in [0, 0.1) is 13.8 Å². The van der Waals surface area contributed by atoms with Crippen LogP contribution >= 0.6 is 0 Å². The average Bonchev–Trinajstić information content (AvgIpc) is 3.14. The van der Waals surface area contributed by atoms with Gasteiger partial charge in [0.25, 0.3) is 0 Å². The predicted molar refractivity (Wildman–Crippen MR) is 232 cm³/mol. The summed E-state index contributed by atoms with van der Waals surface area (Å²) in [4.78, 5) is 47.1. The van der Waals surface area contributed by atoms with Crippen LogP contribution in [0.5, 0.6) is 11.5 Å². The van der Waals surface area contributed by atoms with E-state index in [0.717, 1.165) is 29.5 Å². The van der Waals surface area contributed by atoms with E-state index in [9.17, 15) is 19.2 Å². The van der Waals surface area contributed by atoms with Gasteiger partial charge in [0.2, 0.25) is 0 Å². The van der Waals surface area contributed by atoms with Gasteiger partial charge < -0.3 is 9.84 Å². The molecule has 4 aromatic rings. The number of phenols is 1. The largest absolute Gasteiger partial charge is 0.508 e. The predicted octanol–water partition coefficient (Wildman–Crippen LogP) is 12.3. The molecule has 0 spiro atoms. The standard InChI is InChI=1S/C25H30O3.C17H24O.C9H10O2/c1-16-13-19(8-9-20(16)17(2)26)28-15-23(27)18-7-10-21-22(14-18)25(5,6)12-11-24(21,3)4;1-6-15(18)12-7-8-13-14(11-12)17(4,5)10-9-16(13,2)3;1-6-5-8(11)3-4-9(6)7(2)10/h7-10,13-14H,11-12,15H2,1-6H3;7-8,11H,6,9-10H2,1-5H3;3-5,11H,1-2H3. The Labute approximate surface area is 341 Å². The lowest BCUT2D eigenvalue weighted by atomic mass is 9.63. The maximum absolute atomic E-state index is 12.8. The summed E-state index contributed by atoms with van der Waals surface area (Å²) < 4.78 is 5.71. The topological polar surface area (TPSA) is 97.7 Å². The molecule has 1 N–H and O–H groups in total. The summed E-state index contributed by atoms with van der Waals surface area (Å²) in [6.07, 6.45) is 5.26. The van der Waals surface area contributed by atoms with Gasteiger partial charge in [0, 0.05) is 28.7 Å². The lowest BCUT2D eigenvalue weighted by Gasteiger charge is -2.42. The van der Waals surface area contributed by atoms with Crippen molar-refractivity contribution in [3.8, 4) is 11.5 Å². The van der Waals surface area contributed by atoms with Gasteiger partial charge in [-0.15, -0.1) is 0 Å². The molecule has 0 saturated carbocycles. The zero-order valence-electron chi connectivity index (χ0n) is 36.7. The van der Waals surface area contributed by atoms with Crippen molar-refractivity contribution in [3.05, 3.63) is 128 Å². The van der Waals surface area contributed by atoms with Crippen LogP contribution in [0.1, 0.15) is 183 Å². The van der Waals surface area contributed by atoms with E-state index < -0.39 is 0 Å². The fraction of sp³-hybridized carbons (Fsp3) is 0.451. The van der Waals surface area contributed by atoms with E-state index in [1.807, 2.05) is 32.0 Å². The van der Waals surface area contributed by atoms with Gasteiger partial charge in [-0.3, -0.25) is 19.2 Å². The van der Waals surface area contributed by atoms with E-state index in [1.165, 1.54) is 48.1 Å². The number of aryl methyl sites for hydroxylation is 2. The Morgan fingerprint density at radius 1 is 0.544 bits per heavy atom. The number of aromatic hydroxyl groups is 1. The molecule has 4 aromatic carbocycles. The molecule has 304 valence electrons. The molecule has 0 aliphatic heterocycles. The maximum Gasteiger partial charge on any atom is 0.200 e. The minimum Gasteiger partial charge on any atom is -0.508 e. The van der Waals surface area contributed by atoms with Gasteiger partial charge in [-0.25, -0.2) is 0 Å². The number of fused-ring (bicyclic) bond motifs is 2. The van der Waals surface area contributed by atoms with E-state index in [2.05, 4.69) is 79.7 Å². The van der Waals surface area contributed by atoms with Gasteiger partial charge in [0.15, 0.2) is 29.7 Å². The summed E-state index contributed by atoms with van der Waals surface area (Å²) in [5.74, 6) is 1.08. The van der Waals surface area contributed by atoms with E-state index in [-0.39, 0.29) is 57.1 Å². The first kappa shape index (κ1) is 44.9. The highest BCUT2D eigenvalue weighted by Gasteiger charge is 2.38. The smallest absolute Gasteiger partial charge is 0.200 e. The summed E-state index contributed by atoms with van der Waals surface area (Å²) in [6, 6.07) is 22.5. The molecule has 0 radical (unpaired) electrons. The van der Waals surface area contributed by atoms with E-state index in [1.54, 1.807) is 38.1 Å². The third-order valence-electron chi connectivity index (χ3n) is 12.2. The molecule has 0 heterocycles. The normalized spacial score (nSPS) is 16.6. The molecule has 0 saturated heterocycles. The summed E-state index contributed by atoms with van der Waals surface area (Å²) in [7, 11) is 0. The third kappa shape index (κ3) is 10.6. The number of Topliss-reactive ketones (excluding diaryl/α,β-unsaturated/α-hetero) is 4. The van der Waals surface area contributed by atoms with Crippen molar-refractivity contribution in [2.24, 2.45) is 0 Å². The summed E-state index contributed by atoms with van der Waals surface area (Å²) >= 11 is 0. The third-order valence-corrected chi connectivity index (χ3v) is 12.2. The quantitative estimate of drug-likeness (QED) is 0.179. The number of benzene rings is 4. The van der Waals surface area contributed by atoms with Gasteiger partial charge in [-0.1, -0.05) is 86.6 Å². The van der Waals surface area contributed by atoms with E-state index >= 15 is 0 Å². The van der Waals surface area contributed by atoms with Crippen LogP contribution in [0.25, 0.3) is 0 Å². The molecule has 2 aliphatic carbocycles. The summed E-state index contributed by atoms with van der Waals surface area (Å²) in [5, 5.41) is 9.01. The first-order valence-electron chi connectivity index (χ1n) is 20.3. The highest BCUT2D eigenvalue weighted by atomic mass is 16.5.